The minimum Gasteiger partial charge on any atom is -0.480 e. The van der Waals surface area contributed by atoms with E-state index >= 15 is 0 Å². The van der Waals surface area contributed by atoms with Crippen molar-refractivity contribution < 1.29 is 19.8 Å². The molecule has 0 amide bonds. The third kappa shape index (κ3) is 2.82. The number of rotatable bonds is 4. The zero-order valence-electron chi connectivity index (χ0n) is 11.4. The summed E-state index contributed by atoms with van der Waals surface area (Å²) in [5.74, 6) is -1.89. The summed E-state index contributed by atoms with van der Waals surface area (Å²) in [4.78, 5) is 24.5. The number of carboxylic acid groups (broad SMARTS) is 2. The van der Waals surface area contributed by atoms with Crippen LogP contribution in [0.25, 0.3) is 0 Å². The Hall–Kier alpha value is -1.88. The smallest absolute Gasteiger partial charge is 0.320 e. The molecule has 20 heavy (non-hydrogen) atoms. The summed E-state index contributed by atoms with van der Waals surface area (Å²) < 4.78 is 0. The van der Waals surface area contributed by atoms with Gasteiger partial charge < -0.3 is 10.2 Å². The lowest BCUT2D eigenvalue weighted by Crippen LogP contribution is -2.54. The van der Waals surface area contributed by atoms with Crippen molar-refractivity contribution in [2.24, 2.45) is 0 Å². The second kappa shape index (κ2) is 6.05. The molecule has 1 aromatic carbocycles. The molecule has 1 fully saturated rings. The second-order valence-corrected chi connectivity index (χ2v) is 5.17. The zero-order chi connectivity index (χ0) is 14.7. The Kier molecular flexibility index (Phi) is 4.39. The molecule has 0 aromatic heterocycles. The van der Waals surface area contributed by atoms with E-state index in [1.54, 1.807) is 4.90 Å². The number of benzene rings is 1. The van der Waals surface area contributed by atoms with Crippen molar-refractivity contribution in [3.63, 3.8) is 0 Å². The van der Waals surface area contributed by atoms with E-state index in [0.717, 1.165) is 5.56 Å². The fourth-order valence-corrected chi connectivity index (χ4v) is 2.97. The van der Waals surface area contributed by atoms with Crippen LogP contribution in [0.2, 0.25) is 0 Å². The van der Waals surface area contributed by atoms with Gasteiger partial charge in [0.1, 0.15) is 12.1 Å². The van der Waals surface area contributed by atoms with E-state index in [4.69, 9.17) is 0 Å². The molecule has 1 saturated heterocycles. The largest absolute Gasteiger partial charge is 0.480 e. The van der Waals surface area contributed by atoms with E-state index in [2.05, 4.69) is 0 Å². The van der Waals surface area contributed by atoms with Gasteiger partial charge in [0.2, 0.25) is 0 Å². The van der Waals surface area contributed by atoms with E-state index in [-0.39, 0.29) is 6.04 Å². The molecule has 0 aliphatic carbocycles. The maximum Gasteiger partial charge on any atom is 0.320 e. The summed E-state index contributed by atoms with van der Waals surface area (Å²) in [6.45, 7) is 1.87. The normalized spacial score (nSPS) is 25.1. The molecule has 0 radical (unpaired) electrons. The second-order valence-electron chi connectivity index (χ2n) is 5.17. The lowest BCUT2D eigenvalue weighted by Gasteiger charge is -2.41. The predicted octanol–water partition coefficient (Wildman–Crippen LogP) is 2.14. The first kappa shape index (κ1) is 14.5. The molecule has 0 saturated carbocycles. The van der Waals surface area contributed by atoms with Crippen LogP contribution in [0.1, 0.15) is 37.8 Å². The van der Waals surface area contributed by atoms with Crippen molar-refractivity contribution in [2.45, 2.75) is 44.3 Å². The fourth-order valence-electron chi connectivity index (χ4n) is 2.97. The van der Waals surface area contributed by atoms with Gasteiger partial charge in [-0.3, -0.25) is 14.5 Å². The molecule has 5 nitrogen and oxygen atoms in total. The van der Waals surface area contributed by atoms with Crippen LogP contribution in [0, 0.1) is 0 Å². The number of aliphatic carboxylic acids is 2. The van der Waals surface area contributed by atoms with E-state index in [1.807, 2.05) is 37.3 Å². The fraction of sp³-hybridized carbons (Fsp3) is 0.467. The van der Waals surface area contributed by atoms with Crippen LogP contribution in [0.3, 0.4) is 0 Å². The first-order valence-electron chi connectivity index (χ1n) is 6.80. The lowest BCUT2D eigenvalue weighted by molar-refractivity contribution is -0.156. The van der Waals surface area contributed by atoms with Crippen molar-refractivity contribution in [3.05, 3.63) is 35.9 Å². The molecule has 1 aliphatic rings. The van der Waals surface area contributed by atoms with Gasteiger partial charge in [0.15, 0.2) is 0 Å². The molecule has 0 spiro atoms. The van der Waals surface area contributed by atoms with Crippen molar-refractivity contribution in [3.8, 4) is 0 Å². The van der Waals surface area contributed by atoms with Crippen molar-refractivity contribution >= 4 is 11.9 Å². The van der Waals surface area contributed by atoms with Gasteiger partial charge in [-0.05, 0) is 31.7 Å². The topological polar surface area (TPSA) is 77.8 Å². The Morgan fingerprint density at radius 2 is 1.60 bits per heavy atom. The van der Waals surface area contributed by atoms with Gasteiger partial charge >= 0.3 is 11.9 Å². The average Bonchev–Trinajstić information content (AvgIpc) is 2.46. The molecule has 1 aromatic rings. The van der Waals surface area contributed by atoms with Gasteiger partial charge in [-0.2, -0.15) is 0 Å². The Labute approximate surface area is 117 Å². The van der Waals surface area contributed by atoms with Gasteiger partial charge in [0, 0.05) is 6.04 Å². The first-order chi connectivity index (χ1) is 9.52. The van der Waals surface area contributed by atoms with Gasteiger partial charge in [0.05, 0.1) is 0 Å². The van der Waals surface area contributed by atoms with Crippen LogP contribution in [0.4, 0.5) is 0 Å². The number of piperidine rings is 1. The van der Waals surface area contributed by atoms with Crippen LogP contribution in [-0.4, -0.2) is 39.1 Å². The quantitative estimate of drug-likeness (QED) is 0.881. The molecule has 3 atom stereocenters. The average molecular weight is 277 g/mol. The molecular formula is C15H19NO4. The van der Waals surface area contributed by atoms with E-state index in [9.17, 15) is 19.8 Å². The molecule has 0 unspecified atom stereocenters. The van der Waals surface area contributed by atoms with Gasteiger partial charge in [-0.25, -0.2) is 0 Å². The summed E-state index contributed by atoms with van der Waals surface area (Å²) in [6, 6.07) is 7.73. The first-order valence-corrected chi connectivity index (χ1v) is 6.80. The monoisotopic (exact) mass is 277 g/mol. The maximum absolute atomic E-state index is 11.4. The van der Waals surface area contributed by atoms with Gasteiger partial charge in [0.25, 0.3) is 0 Å². The highest BCUT2D eigenvalue weighted by molar-refractivity contribution is 5.78. The molecule has 1 heterocycles. The number of likely N-dealkylation sites (tertiary alicyclic amines) is 1. The molecule has 2 N–H and O–H groups in total. The van der Waals surface area contributed by atoms with Crippen molar-refractivity contribution in [1.82, 2.24) is 4.90 Å². The van der Waals surface area contributed by atoms with E-state index in [0.29, 0.717) is 19.3 Å². The van der Waals surface area contributed by atoms with Crippen molar-refractivity contribution in [2.75, 3.05) is 0 Å². The highest BCUT2D eigenvalue weighted by Crippen LogP contribution is 2.32. The number of carboxylic acids is 2. The Balaban J connectivity index is 2.34. The van der Waals surface area contributed by atoms with Crippen LogP contribution < -0.4 is 0 Å². The molecule has 108 valence electrons. The Bertz CT molecular complexity index is 466. The molecule has 0 bridgehead atoms. The van der Waals surface area contributed by atoms with Crippen LogP contribution in [0.5, 0.6) is 0 Å². The highest BCUT2D eigenvalue weighted by Gasteiger charge is 2.41. The minimum absolute atomic E-state index is 0.237. The summed E-state index contributed by atoms with van der Waals surface area (Å²) in [6.07, 6.45) is 1.62. The third-order valence-electron chi connectivity index (χ3n) is 3.97. The van der Waals surface area contributed by atoms with E-state index in [1.165, 1.54) is 0 Å². The molecular weight excluding hydrogens is 258 g/mol. The number of hydrogen-bond acceptors (Lipinski definition) is 3. The Morgan fingerprint density at radius 3 is 2.05 bits per heavy atom. The molecule has 1 aliphatic heterocycles. The number of hydrogen-bond donors (Lipinski definition) is 2. The van der Waals surface area contributed by atoms with E-state index < -0.39 is 24.0 Å². The number of carbonyl (C=O) groups is 2. The predicted molar refractivity (Wildman–Crippen MR) is 73.4 cm³/mol. The Morgan fingerprint density at radius 1 is 1.10 bits per heavy atom. The van der Waals surface area contributed by atoms with Crippen molar-refractivity contribution in [1.29, 1.82) is 0 Å². The standard InChI is InChI=1S/C15H19NO4/c1-10(11-6-3-2-4-7-11)16-12(14(17)18)8-5-9-13(16)15(19)20/h2-4,6-7,10,12-13H,5,8-9H2,1H3,(H,17,18)(H,19,20)/t10-,12+,13+/m0/s1. The number of nitrogens with zero attached hydrogens (tertiary/aromatic N) is 1. The summed E-state index contributed by atoms with van der Waals surface area (Å²) in [7, 11) is 0. The summed E-state index contributed by atoms with van der Waals surface area (Å²) in [5, 5.41) is 18.7. The molecule has 2 rings (SSSR count). The third-order valence-corrected chi connectivity index (χ3v) is 3.97. The minimum atomic E-state index is -0.946. The maximum atomic E-state index is 11.4. The summed E-state index contributed by atoms with van der Waals surface area (Å²) >= 11 is 0. The highest BCUT2D eigenvalue weighted by atomic mass is 16.4. The lowest BCUT2D eigenvalue weighted by atomic mass is 9.91. The van der Waals surface area contributed by atoms with Crippen LogP contribution >= 0.6 is 0 Å². The van der Waals surface area contributed by atoms with Gasteiger partial charge in [-0.1, -0.05) is 30.3 Å². The van der Waals surface area contributed by atoms with Crippen LogP contribution in [0.15, 0.2) is 30.3 Å². The molecule has 5 heteroatoms. The van der Waals surface area contributed by atoms with Crippen LogP contribution in [-0.2, 0) is 9.59 Å². The SMILES string of the molecule is C[C@@H](c1ccccc1)N1[C@@H](C(=O)O)CCC[C@@H]1C(=O)O. The van der Waals surface area contributed by atoms with Gasteiger partial charge in [-0.15, -0.1) is 0 Å². The zero-order valence-corrected chi connectivity index (χ0v) is 11.4. The summed E-state index contributed by atoms with van der Waals surface area (Å²) in [5.41, 5.74) is 0.937.